The third kappa shape index (κ3) is 4.62. The fourth-order valence-electron chi connectivity index (χ4n) is 0.780. The molecule has 7 radical (unpaired) electrons. The van der Waals surface area contributed by atoms with Crippen molar-refractivity contribution in [1.82, 2.24) is 0 Å². The summed E-state index contributed by atoms with van der Waals surface area (Å²) < 4.78 is 20.9. The Balaban J connectivity index is 2.27. The summed E-state index contributed by atoms with van der Waals surface area (Å²) in [4.78, 5) is 0. The summed E-state index contributed by atoms with van der Waals surface area (Å²) >= 11 is 0. The lowest BCUT2D eigenvalue weighted by Gasteiger charge is -2.21. The highest BCUT2D eigenvalue weighted by Crippen LogP contribution is 2.02. The summed E-state index contributed by atoms with van der Waals surface area (Å²) in [7, 11) is -1.37. The van der Waals surface area contributed by atoms with E-state index in [4.69, 9.17) is 22.2 Å². The van der Waals surface area contributed by atoms with E-state index < -0.39 is 9.28 Å². The predicted molar refractivity (Wildman–Crippen MR) is 50.2 cm³/mol. The van der Waals surface area contributed by atoms with Gasteiger partial charge in [-0.1, -0.05) is 13.3 Å². The van der Waals surface area contributed by atoms with Gasteiger partial charge in [0.25, 0.3) is 0 Å². The van der Waals surface area contributed by atoms with E-state index in [-0.39, 0.29) is 35.7 Å². The molecule has 71 valence electrons. The molecule has 13 heavy (non-hydrogen) atoms. The van der Waals surface area contributed by atoms with Crippen molar-refractivity contribution >= 4 is 39.3 Å². The second-order valence-corrected chi connectivity index (χ2v) is 7.52. The van der Waals surface area contributed by atoms with Crippen LogP contribution in [0.3, 0.4) is 0 Å². The first kappa shape index (κ1) is 11.7. The Labute approximate surface area is 87.3 Å². The van der Waals surface area contributed by atoms with Gasteiger partial charge in [-0.25, -0.2) is 0 Å². The minimum atomic E-state index is -1.39. The standard InChI is InChI=1S/C4H10NO4Si4/c1-2-3-4(5)13-8-11-6-10-7-12-9-13/h4H,2-3,5H2,1H3. The molecular formula is C4H10NO4Si4. The maximum Gasteiger partial charge on any atom is 0.412 e. The van der Waals surface area contributed by atoms with Crippen LogP contribution in [-0.4, -0.2) is 45.0 Å². The zero-order valence-corrected chi connectivity index (χ0v) is 11.2. The van der Waals surface area contributed by atoms with Crippen molar-refractivity contribution in [2.45, 2.75) is 25.4 Å². The molecule has 5 nitrogen and oxygen atoms in total. The van der Waals surface area contributed by atoms with E-state index in [0.717, 1.165) is 12.8 Å². The molecule has 9 heteroatoms. The molecule has 0 amide bonds. The number of hydrogen-bond donors (Lipinski definition) is 1. The highest BCUT2D eigenvalue weighted by Gasteiger charge is 2.27. The summed E-state index contributed by atoms with van der Waals surface area (Å²) in [6.45, 7) is 2.09. The number of nitrogens with two attached hydrogens (primary N) is 1. The van der Waals surface area contributed by atoms with E-state index in [9.17, 15) is 0 Å². The monoisotopic (exact) mass is 248 g/mol. The summed E-state index contributed by atoms with van der Waals surface area (Å²) in [6, 6.07) is 0. The van der Waals surface area contributed by atoms with Gasteiger partial charge < -0.3 is 22.2 Å². The van der Waals surface area contributed by atoms with Crippen molar-refractivity contribution in [3.05, 3.63) is 0 Å². The van der Waals surface area contributed by atoms with E-state index in [2.05, 4.69) is 6.92 Å². The first-order valence-corrected chi connectivity index (χ1v) is 7.71. The van der Waals surface area contributed by atoms with Crippen LogP contribution in [0.15, 0.2) is 0 Å². The minimum absolute atomic E-state index is 0.0000900. The number of rotatable bonds is 3. The molecule has 1 aliphatic rings. The lowest BCUT2D eigenvalue weighted by atomic mass is 10.3. The third-order valence-corrected chi connectivity index (χ3v) is 5.86. The molecule has 1 aliphatic heterocycles. The zero-order valence-electron chi connectivity index (χ0n) is 7.20. The zero-order chi connectivity index (χ0) is 9.52. The molecule has 0 aliphatic carbocycles. The van der Waals surface area contributed by atoms with Gasteiger partial charge in [-0.2, -0.15) is 0 Å². The summed E-state index contributed by atoms with van der Waals surface area (Å²) in [5.74, 6) is 0. The van der Waals surface area contributed by atoms with Crippen LogP contribution in [-0.2, 0) is 16.5 Å². The second-order valence-electron chi connectivity index (χ2n) is 2.37. The van der Waals surface area contributed by atoms with Gasteiger partial charge in [0, 0.05) is 5.67 Å². The van der Waals surface area contributed by atoms with E-state index in [1.54, 1.807) is 0 Å². The van der Waals surface area contributed by atoms with Crippen molar-refractivity contribution < 1.29 is 16.5 Å². The average Bonchev–Trinajstić information content (AvgIpc) is 2.03. The molecule has 0 spiro atoms. The average molecular weight is 248 g/mol. The van der Waals surface area contributed by atoms with E-state index in [0.29, 0.717) is 0 Å². The Morgan fingerprint density at radius 3 is 2.38 bits per heavy atom. The Hall–Kier alpha value is 0.668. The Bertz CT molecular complexity index is 133. The van der Waals surface area contributed by atoms with Gasteiger partial charge in [0.2, 0.25) is 0 Å². The van der Waals surface area contributed by atoms with Gasteiger partial charge in [0.15, 0.2) is 0 Å². The fraction of sp³-hybridized carbons (Fsp3) is 1.00. The summed E-state index contributed by atoms with van der Waals surface area (Å²) in [6.07, 6.45) is 1.96. The topological polar surface area (TPSA) is 62.9 Å². The molecule has 2 N–H and O–H groups in total. The molecule has 0 aromatic heterocycles. The van der Waals surface area contributed by atoms with Crippen molar-refractivity contribution in [2.75, 3.05) is 0 Å². The molecule has 0 aromatic carbocycles. The third-order valence-electron chi connectivity index (χ3n) is 1.35. The molecule has 1 fully saturated rings. The van der Waals surface area contributed by atoms with E-state index in [1.807, 2.05) is 0 Å². The lowest BCUT2D eigenvalue weighted by molar-refractivity contribution is 0.318. The minimum Gasteiger partial charge on any atom is -0.412 e. The van der Waals surface area contributed by atoms with Crippen LogP contribution in [0.5, 0.6) is 0 Å². The molecule has 1 rings (SSSR count). The number of hydrogen-bond acceptors (Lipinski definition) is 5. The quantitative estimate of drug-likeness (QED) is 0.637. The van der Waals surface area contributed by atoms with Gasteiger partial charge in [-0.15, -0.1) is 0 Å². The van der Waals surface area contributed by atoms with Gasteiger partial charge in [0.1, 0.15) is 0 Å². The van der Waals surface area contributed by atoms with Gasteiger partial charge in [-0.05, 0) is 6.42 Å². The van der Waals surface area contributed by atoms with Crippen molar-refractivity contribution in [1.29, 1.82) is 0 Å². The first-order valence-electron chi connectivity index (χ1n) is 3.87. The van der Waals surface area contributed by atoms with Gasteiger partial charge in [-0.3, -0.25) is 0 Å². The molecule has 1 saturated heterocycles. The molecule has 0 aromatic rings. The van der Waals surface area contributed by atoms with Crippen LogP contribution in [0, 0.1) is 0 Å². The Kier molecular flexibility index (Phi) is 6.34. The van der Waals surface area contributed by atoms with Crippen molar-refractivity contribution in [3.8, 4) is 0 Å². The molecule has 1 atom stereocenters. The van der Waals surface area contributed by atoms with Gasteiger partial charge in [0.05, 0.1) is 0 Å². The smallest absolute Gasteiger partial charge is 0.412 e. The maximum absolute atomic E-state index is 5.87. The van der Waals surface area contributed by atoms with Crippen LogP contribution < -0.4 is 5.73 Å². The lowest BCUT2D eigenvalue weighted by Crippen LogP contribution is -2.47. The second kappa shape index (κ2) is 7.03. The van der Waals surface area contributed by atoms with Crippen LogP contribution >= 0.6 is 0 Å². The van der Waals surface area contributed by atoms with E-state index >= 15 is 0 Å². The SMILES string of the molecule is CCCC(N)[Si]1O[Si]O[Si]O[Si]O1. The van der Waals surface area contributed by atoms with Crippen molar-refractivity contribution in [3.63, 3.8) is 0 Å². The molecule has 0 saturated carbocycles. The Morgan fingerprint density at radius 2 is 1.85 bits per heavy atom. The first-order chi connectivity index (χ1) is 6.34. The highest BCUT2D eigenvalue weighted by molar-refractivity contribution is 6.61. The predicted octanol–water partition coefficient (Wildman–Crippen LogP) is -1.18. The van der Waals surface area contributed by atoms with Crippen LogP contribution in [0.1, 0.15) is 19.8 Å². The largest absolute Gasteiger partial charge is 0.412 e. The maximum atomic E-state index is 5.87. The van der Waals surface area contributed by atoms with Crippen molar-refractivity contribution in [2.24, 2.45) is 5.73 Å². The summed E-state index contributed by atoms with van der Waals surface area (Å²) in [5, 5.41) is 0. The van der Waals surface area contributed by atoms with Crippen LogP contribution in [0.4, 0.5) is 0 Å². The molecule has 1 unspecified atom stereocenters. The highest BCUT2D eigenvalue weighted by atomic mass is 28.4. The van der Waals surface area contributed by atoms with Crippen LogP contribution in [0.2, 0.25) is 0 Å². The van der Waals surface area contributed by atoms with Crippen LogP contribution in [0.25, 0.3) is 0 Å². The van der Waals surface area contributed by atoms with E-state index in [1.165, 1.54) is 0 Å². The summed E-state index contributed by atoms with van der Waals surface area (Å²) in [5.41, 5.74) is 5.88. The molecule has 1 heterocycles. The fourth-order valence-corrected chi connectivity index (χ4v) is 5.61. The normalized spacial score (nSPS) is 23.5. The Morgan fingerprint density at radius 1 is 1.23 bits per heavy atom. The van der Waals surface area contributed by atoms with Gasteiger partial charge >= 0.3 is 39.3 Å². The molecule has 0 bridgehead atoms. The molecular weight excluding hydrogens is 238 g/mol.